The Kier molecular flexibility index (Phi) is 23.6. The highest BCUT2D eigenvalue weighted by Gasteiger charge is 2.37. The molecule has 5 N–H and O–H groups in total. The van der Waals surface area contributed by atoms with Crippen molar-refractivity contribution in [2.45, 2.75) is 110 Å². The summed E-state index contributed by atoms with van der Waals surface area (Å²) in [7, 11) is 0. The standard InChI is InChI=1S/C45H48FN5O8.C30H38FN5O6/c1-45(2,3)59-43(55)48-26-32-27-51(44(56)58-32)31-16-17-39(38(46)24-31)49-20-22-50(23-21-49)41(53)19-18-40(52)30-14-12-29(13-15-30)25-47-42(54)57-28-37-35-10-6-4-8-33(35)34-9-5-7-11-36(34)37;1-30(2,3)42-28(39)33-18-23-19-36(29(40)41-23)22-8-9-25(24(31)16-22)34-12-14-35(15-13-34)27(38)11-10-26(37)21-6-4-20(17-32)5-7-21/h4-17,24,32,37H,18-23,25-28H2,1-3H3,(H,47,54)(H,48,55);4-9,16,23H,10-15,17-19,32H2,1-3H3,(H,33,39)/t32-;23-/m00/s1. The molecule has 101 heavy (non-hydrogen) atoms. The minimum absolute atomic E-state index is 0.0333. The van der Waals surface area contributed by atoms with E-state index >= 15 is 8.78 Å². The number of ketones is 2. The number of fused-ring (bicyclic) bond motifs is 3. The van der Waals surface area contributed by atoms with Gasteiger partial charge in [-0.1, -0.05) is 97.1 Å². The van der Waals surface area contributed by atoms with Gasteiger partial charge in [0.1, 0.15) is 41.7 Å². The Morgan fingerprint density at radius 2 is 0.911 bits per heavy atom. The molecule has 6 aromatic rings. The summed E-state index contributed by atoms with van der Waals surface area (Å²) in [5, 5.41) is 7.95. The SMILES string of the molecule is CC(C)(C)OC(=O)NC[C@H]1CN(c2ccc(N3CCN(C(=O)CCC(=O)c4ccc(CN)cc4)CC3)c(F)c2)C(=O)O1.CC(C)(C)OC(=O)NC[C@H]1CN(c2ccc(N3CCN(C(=O)CCC(=O)c4ccc(CNC(=O)OCC5c6ccccc6-c6ccccc65)cc4)CC3)c(F)c2)C(=O)O1. The first-order valence-corrected chi connectivity index (χ1v) is 33.8. The average Bonchev–Trinajstić information content (AvgIpc) is 1.63. The van der Waals surface area contributed by atoms with Gasteiger partial charge in [0.15, 0.2) is 11.6 Å². The lowest BCUT2D eigenvalue weighted by Gasteiger charge is -2.36. The van der Waals surface area contributed by atoms with Gasteiger partial charge in [-0.25, -0.2) is 32.8 Å². The van der Waals surface area contributed by atoms with Crippen LogP contribution in [0.15, 0.2) is 133 Å². The molecule has 4 fully saturated rings. The molecule has 2 atom stereocenters. The lowest BCUT2D eigenvalue weighted by molar-refractivity contribution is -0.132. The molecule has 0 saturated carbocycles. The van der Waals surface area contributed by atoms with E-state index in [0.29, 0.717) is 92.8 Å². The van der Waals surface area contributed by atoms with Crippen LogP contribution in [0.1, 0.15) is 116 Å². The van der Waals surface area contributed by atoms with Crippen LogP contribution in [0.25, 0.3) is 11.1 Å². The number of carbonyl (C=O) groups is 9. The van der Waals surface area contributed by atoms with E-state index in [1.807, 2.05) is 34.1 Å². The minimum atomic E-state index is -0.666. The molecule has 5 aliphatic rings. The van der Waals surface area contributed by atoms with Crippen LogP contribution >= 0.6 is 0 Å². The van der Waals surface area contributed by atoms with Gasteiger partial charge in [-0.15, -0.1) is 0 Å². The number of nitrogens with one attached hydrogen (secondary N) is 3. The van der Waals surface area contributed by atoms with Gasteiger partial charge in [0.05, 0.1) is 48.9 Å². The van der Waals surface area contributed by atoms with E-state index in [-0.39, 0.29) is 94.3 Å². The summed E-state index contributed by atoms with van der Waals surface area (Å²) in [6.07, 6.45) is -3.94. The Morgan fingerprint density at radius 3 is 1.31 bits per heavy atom. The number of nitrogens with zero attached hydrogens (tertiary/aromatic N) is 6. The van der Waals surface area contributed by atoms with Gasteiger partial charge < -0.3 is 65.0 Å². The van der Waals surface area contributed by atoms with E-state index in [4.69, 9.17) is 29.4 Å². The monoisotopic (exact) mass is 1390 g/mol. The molecule has 11 rings (SSSR count). The first-order chi connectivity index (χ1) is 48.3. The number of benzene rings is 6. The van der Waals surface area contributed by atoms with Crippen LogP contribution in [0.2, 0.25) is 0 Å². The third-order valence-corrected chi connectivity index (χ3v) is 17.6. The van der Waals surface area contributed by atoms with Crippen molar-refractivity contribution in [3.05, 3.63) is 178 Å². The van der Waals surface area contributed by atoms with Crippen LogP contribution in [-0.4, -0.2) is 172 Å². The van der Waals surface area contributed by atoms with E-state index in [1.165, 1.54) is 21.9 Å². The fourth-order valence-corrected chi connectivity index (χ4v) is 12.4. The van der Waals surface area contributed by atoms with E-state index in [0.717, 1.165) is 33.4 Å². The zero-order chi connectivity index (χ0) is 72.1. The van der Waals surface area contributed by atoms with Crippen molar-refractivity contribution >= 4 is 76.6 Å². The van der Waals surface area contributed by atoms with Crippen LogP contribution in [0, 0.1) is 11.6 Å². The Balaban J connectivity index is 0.000000231. The van der Waals surface area contributed by atoms with Crippen molar-refractivity contribution in [3.8, 4) is 11.1 Å². The smallest absolute Gasteiger partial charge is 0.414 e. The van der Waals surface area contributed by atoms with Crippen LogP contribution < -0.4 is 41.3 Å². The molecular formula is C75H86F2N10O14. The van der Waals surface area contributed by atoms with Crippen LogP contribution in [-0.2, 0) is 46.4 Å². The molecule has 0 aromatic heterocycles. The summed E-state index contributed by atoms with van der Waals surface area (Å²) in [6, 6.07) is 39.3. The van der Waals surface area contributed by atoms with Crippen LogP contribution in [0.4, 0.5) is 55.5 Å². The van der Waals surface area contributed by atoms with Crippen molar-refractivity contribution < 1.29 is 75.6 Å². The Labute approximate surface area is 585 Å². The van der Waals surface area contributed by atoms with Crippen molar-refractivity contribution in [1.29, 1.82) is 0 Å². The zero-order valence-corrected chi connectivity index (χ0v) is 57.6. The molecule has 24 nitrogen and oxygen atoms in total. The average molecular weight is 1390 g/mol. The van der Waals surface area contributed by atoms with Gasteiger partial charge in [-0.05, 0) is 111 Å². The molecule has 0 spiro atoms. The van der Waals surface area contributed by atoms with Crippen molar-refractivity contribution in [1.82, 2.24) is 25.8 Å². The summed E-state index contributed by atoms with van der Waals surface area (Å²) < 4.78 is 57.3. The van der Waals surface area contributed by atoms with Gasteiger partial charge >= 0.3 is 30.5 Å². The summed E-state index contributed by atoms with van der Waals surface area (Å²) in [6.45, 7) is 14.9. The van der Waals surface area contributed by atoms with Gasteiger partial charge in [-0.3, -0.25) is 29.0 Å². The van der Waals surface area contributed by atoms with Crippen molar-refractivity contribution in [2.24, 2.45) is 5.73 Å². The molecule has 534 valence electrons. The molecule has 0 radical (unpaired) electrons. The molecule has 0 bridgehead atoms. The molecule has 1 aliphatic carbocycles. The van der Waals surface area contributed by atoms with Crippen molar-refractivity contribution in [2.75, 3.05) is 105 Å². The summed E-state index contributed by atoms with van der Waals surface area (Å²) in [5.41, 5.74) is 13.0. The Morgan fingerprint density at radius 1 is 0.505 bits per heavy atom. The minimum Gasteiger partial charge on any atom is -0.449 e. The van der Waals surface area contributed by atoms with E-state index < -0.39 is 65.5 Å². The number of hydrogen-bond donors (Lipinski definition) is 4. The molecule has 4 aliphatic heterocycles. The number of rotatable bonds is 21. The van der Waals surface area contributed by atoms with Gasteiger partial charge in [0.2, 0.25) is 11.8 Å². The lowest BCUT2D eigenvalue weighted by atomic mass is 9.98. The second-order valence-electron chi connectivity index (χ2n) is 27.1. The van der Waals surface area contributed by atoms with Gasteiger partial charge in [-0.2, -0.15) is 0 Å². The topological polar surface area (TPSA) is 281 Å². The predicted octanol–water partition coefficient (Wildman–Crippen LogP) is 10.5. The molecule has 4 saturated heterocycles. The Bertz CT molecular complexity index is 3970. The largest absolute Gasteiger partial charge is 0.449 e. The fraction of sp³-hybridized carbons (Fsp3) is 0.400. The Hall–Kier alpha value is -10.6. The van der Waals surface area contributed by atoms with E-state index in [2.05, 4.69) is 40.2 Å². The molecule has 6 aromatic carbocycles. The maximum atomic E-state index is 15.4. The van der Waals surface area contributed by atoms with Crippen LogP contribution in [0.3, 0.4) is 0 Å². The highest BCUT2D eigenvalue weighted by atomic mass is 19.1. The molecule has 0 unspecified atom stereocenters. The normalized spacial score (nSPS) is 16.6. The summed E-state index contributed by atoms with van der Waals surface area (Å²) in [5.74, 6) is -1.57. The van der Waals surface area contributed by atoms with Gasteiger partial charge in [0.25, 0.3) is 0 Å². The number of nitrogens with two attached hydrogens (primary N) is 1. The lowest BCUT2D eigenvalue weighted by Crippen LogP contribution is -2.49. The zero-order valence-electron chi connectivity index (χ0n) is 57.6. The maximum Gasteiger partial charge on any atom is 0.414 e. The summed E-state index contributed by atoms with van der Waals surface area (Å²) >= 11 is 0. The number of halogens is 2. The maximum absolute atomic E-state index is 15.4. The van der Waals surface area contributed by atoms with E-state index in [9.17, 15) is 43.2 Å². The summed E-state index contributed by atoms with van der Waals surface area (Å²) in [4.78, 5) is 122. The molecule has 4 heterocycles. The third-order valence-electron chi connectivity index (χ3n) is 17.6. The number of hydrogen-bond acceptors (Lipinski definition) is 17. The predicted molar refractivity (Wildman–Crippen MR) is 374 cm³/mol. The number of amides is 7. The number of Topliss-reactive ketones (excluding diaryl/α,β-unsaturated/α-hetero) is 2. The number of ether oxygens (including phenoxy) is 5. The quantitative estimate of drug-likeness (QED) is 0.0385. The molecular weight excluding hydrogens is 1300 g/mol. The number of anilines is 4. The molecule has 26 heteroatoms. The second-order valence-corrected chi connectivity index (χ2v) is 27.1. The fourth-order valence-electron chi connectivity index (χ4n) is 12.4. The third kappa shape index (κ3) is 19.4. The number of cyclic esters (lactones) is 2. The highest BCUT2D eigenvalue weighted by molar-refractivity contribution is 5.99. The van der Waals surface area contributed by atoms with Crippen molar-refractivity contribution in [3.63, 3.8) is 0 Å². The first kappa shape index (κ1) is 73.1. The van der Waals surface area contributed by atoms with Gasteiger partial charge in [0, 0.05) is 108 Å². The highest BCUT2D eigenvalue weighted by Crippen LogP contribution is 2.44. The van der Waals surface area contributed by atoms with Crippen LogP contribution in [0.5, 0.6) is 0 Å². The number of alkyl carbamates (subject to hydrolysis) is 3. The number of carbonyl (C=O) groups excluding carboxylic acids is 9. The first-order valence-electron chi connectivity index (χ1n) is 33.8. The second kappa shape index (κ2) is 32.6. The number of piperazine rings is 2. The van der Waals surface area contributed by atoms with E-state index in [1.54, 1.807) is 124 Å². The molecule has 7 amide bonds.